The molecule has 1 atom stereocenters. The third-order valence-corrected chi connectivity index (χ3v) is 5.98. The molecule has 1 fully saturated rings. The van der Waals surface area contributed by atoms with Crippen molar-refractivity contribution < 1.29 is 23.4 Å². The summed E-state index contributed by atoms with van der Waals surface area (Å²) in [6.45, 7) is 5.22. The molecule has 7 heteroatoms. The van der Waals surface area contributed by atoms with Crippen molar-refractivity contribution in [1.82, 2.24) is 9.80 Å². The van der Waals surface area contributed by atoms with Gasteiger partial charge in [0.05, 0.1) is 13.7 Å². The lowest BCUT2D eigenvalue weighted by molar-refractivity contribution is -0.133. The molecule has 2 aromatic rings. The second kappa shape index (κ2) is 9.56. The topological polar surface area (TPSA) is 51.2 Å². The summed E-state index contributed by atoms with van der Waals surface area (Å²) in [5.41, 5.74) is 1.90. The molecule has 1 saturated heterocycles. The first-order chi connectivity index (χ1) is 15.1. The smallest absolute Gasteiger partial charge is 0.237 e. The van der Waals surface area contributed by atoms with Gasteiger partial charge in [0.25, 0.3) is 0 Å². The van der Waals surface area contributed by atoms with Crippen molar-refractivity contribution in [2.45, 2.75) is 32.4 Å². The van der Waals surface area contributed by atoms with E-state index in [0.717, 1.165) is 42.0 Å². The fourth-order valence-corrected chi connectivity index (χ4v) is 4.34. The molecule has 4 rings (SSSR count). The zero-order valence-corrected chi connectivity index (χ0v) is 18.1. The second-order valence-electron chi connectivity index (χ2n) is 7.91. The highest BCUT2D eigenvalue weighted by Crippen LogP contribution is 2.38. The fourth-order valence-electron chi connectivity index (χ4n) is 4.34. The number of carbonyl (C=O) groups excluding carboxylic acids is 1. The number of hydrogen-bond acceptors (Lipinski definition) is 5. The van der Waals surface area contributed by atoms with Gasteiger partial charge in [-0.05, 0) is 61.7 Å². The number of ether oxygens (including phenoxy) is 3. The Morgan fingerprint density at radius 3 is 2.74 bits per heavy atom. The lowest BCUT2D eigenvalue weighted by Crippen LogP contribution is -2.39. The summed E-state index contributed by atoms with van der Waals surface area (Å²) in [7, 11) is 1.44. The van der Waals surface area contributed by atoms with Gasteiger partial charge in [-0.3, -0.25) is 9.69 Å². The number of benzene rings is 2. The van der Waals surface area contributed by atoms with Crippen LogP contribution in [-0.2, 0) is 11.3 Å². The number of nitrogens with zero attached hydrogens (tertiary/aromatic N) is 2. The quantitative estimate of drug-likeness (QED) is 0.672. The highest BCUT2D eigenvalue weighted by Gasteiger charge is 2.30. The Labute approximate surface area is 182 Å². The Balaban J connectivity index is 1.43. The molecule has 0 N–H and O–H groups in total. The minimum Gasteiger partial charge on any atom is -0.494 e. The molecule has 0 saturated carbocycles. The number of fused-ring (bicyclic) bond motifs is 1. The predicted molar refractivity (Wildman–Crippen MR) is 115 cm³/mol. The van der Waals surface area contributed by atoms with E-state index in [1.54, 1.807) is 17.0 Å². The number of halogens is 1. The standard InChI is InChI=1S/C24H29FN2O4/c1-3-26(15-17-6-8-21(29-2)19(25)13-17)24(28)16-27-10-4-5-20(27)18-7-9-22-23(14-18)31-12-11-30-22/h6-9,13-14,20H,3-5,10-12,15-16H2,1-2H3/t20-/m0/s1. The monoisotopic (exact) mass is 428 g/mol. The molecule has 166 valence electrons. The van der Waals surface area contributed by atoms with Crippen LogP contribution < -0.4 is 14.2 Å². The maximum Gasteiger partial charge on any atom is 0.237 e. The Bertz CT molecular complexity index is 936. The van der Waals surface area contributed by atoms with E-state index in [1.807, 2.05) is 19.1 Å². The van der Waals surface area contributed by atoms with Gasteiger partial charge in [-0.25, -0.2) is 4.39 Å². The van der Waals surface area contributed by atoms with Crippen LogP contribution in [0.5, 0.6) is 17.2 Å². The first-order valence-corrected chi connectivity index (χ1v) is 10.8. The van der Waals surface area contributed by atoms with E-state index in [4.69, 9.17) is 14.2 Å². The second-order valence-corrected chi connectivity index (χ2v) is 7.91. The molecular formula is C24H29FN2O4. The molecule has 0 spiro atoms. The lowest BCUT2D eigenvalue weighted by Gasteiger charge is -2.29. The molecule has 6 nitrogen and oxygen atoms in total. The summed E-state index contributed by atoms with van der Waals surface area (Å²) in [6, 6.07) is 11.1. The van der Waals surface area contributed by atoms with E-state index in [2.05, 4.69) is 11.0 Å². The van der Waals surface area contributed by atoms with Crippen molar-refractivity contribution in [2.75, 3.05) is 40.0 Å². The summed E-state index contributed by atoms with van der Waals surface area (Å²) in [4.78, 5) is 17.1. The molecule has 0 radical (unpaired) electrons. The van der Waals surface area contributed by atoms with Crippen molar-refractivity contribution in [3.05, 3.63) is 53.3 Å². The molecular weight excluding hydrogens is 399 g/mol. The minimum absolute atomic E-state index is 0.0446. The van der Waals surface area contributed by atoms with Crippen molar-refractivity contribution in [3.63, 3.8) is 0 Å². The molecule has 0 bridgehead atoms. The van der Waals surface area contributed by atoms with Gasteiger partial charge < -0.3 is 19.1 Å². The number of rotatable bonds is 7. The van der Waals surface area contributed by atoms with Crippen LogP contribution in [0.3, 0.4) is 0 Å². The van der Waals surface area contributed by atoms with Crippen LogP contribution in [0, 0.1) is 5.82 Å². The van der Waals surface area contributed by atoms with Crippen LogP contribution >= 0.6 is 0 Å². The van der Waals surface area contributed by atoms with E-state index in [9.17, 15) is 9.18 Å². The van der Waals surface area contributed by atoms with Crippen LogP contribution in [0.25, 0.3) is 0 Å². The minimum atomic E-state index is -0.415. The molecule has 0 unspecified atom stereocenters. The van der Waals surface area contributed by atoms with Gasteiger partial charge in [0.15, 0.2) is 23.1 Å². The summed E-state index contributed by atoms with van der Waals surface area (Å²) >= 11 is 0. The van der Waals surface area contributed by atoms with Crippen LogP contribution in [-0.4, -0.2) is 55.7 Å². The third-order valence-electron chi connectivity index (χ3n) is 5.98. The predicted octanol–water partition coefficient (Wildman–Crippen LogP) is 3.79. The Morgan fingerprint density at radius 2 is 2.00 bits per heavy atom. The zero-order valence-electron chi connectivity index (χ0n) is 18.1. The van der Waals surface area contributed by atoms with Crippen LogP contribution in [0.15, 0.2) is 36.4 Å². The lowest BCUT2D eigenvalue weighted by atomic mass is 10.0. The maximum atomic E-state index is 14.0. The SMILES string of the molecule is CCN(Cc1ccc(OC)c(F)c1)C(=O)CN1CCC[C@H]1c1ccc2c(c1)OCCO2. The summed E-state index contributed by atoms with van der Waals surface area (Å²) in [6.07, 6.45) is 2.05. The average molecular weight is 429 g/mol. The number of amides is 1. The number of methoxy groups -OCH3 is 1. The summed E-state index contributed by atoms with van der Waals surface area (Å²) in [5.74, 6) is 1.39. The molecule has 2 aromatic carbocycles. The molecule has 0 aliphatic carbocycles. The third kappa shape index (κ3) is 4.77. The first-order valence-electron chi connectivity index (χ1n) is 10.8. The zero-order chi connectivity index (χ0) is 21.8. The summed E-state index contributed by atoms with van der Waals surface area (Å²) in [5, 5.41) is 0. The van der Waals surface area contributed by atoms with Gasteiger partial charge in [0, 0.05) is 19.1 Å². The van der Waals surface area contributed by atoms with Gasteiger partial charge in [0.2, 0.25) is 5.91 Å². The van der Waals surface area contributed by atoms with Crippen LogP contribution in [0.1, 0.15) is 36.9 Å². The molecule has 1 amide bonds. The van der Waals surface area contributed by atoms with Gasteiger partial charge in [-0.2, -0.15) is 0 Å². The average Bonchev–Trinajstić information content (AvgIpc) is 3.25. The van der Waals surface area contributed by atoms with Gasteiger partial charge in [-0.15, -0.1) is 0 Å². The van der Waals surface area contributed by atoms with E-state index in [-0.39, 0.29) is 17.7 Å². The van der Waals surface area contributed by atoms with Crippen molar-refractivity contribution in [2.24, 2.45) is 0 Å². The fraction of sp³-hybridized carbons (Fsp3) is 0.458. The van der Waals surface area contributed by atoms with Crippen LogP contribution in [0.2, 0.25) is 0 Å². The van der Waals surface area contributed by atoms with Crippen molar-refractivity contribution in [1.29, 1.82) is 0 Å². The van der Waals surface area contributed by atoms with E-state index < -0.39 is 5.82 Å². The Hall–Kier alpha value is -2.80. The maximum absolute atomic E-state index is 14.0. The number of carbonyl (C=O) groups is 1. The van der Waals surface area contributed by atoms with E-state index in [0.29, 0.717) is 32.8 Å². The van der Waals surface area contributed by atoms with Gasteiger partial charge >= 0.3 is 0 Å². The van der Waals surface area contributed by atoms with E-state index >= 15 is 0 Å². The van der Waals surface area contributed by atoms with Gasteiger partial charge in [-0.1, -0.05) is 12.1 Å². The molecule has 2 heterocycles. The molecule has 2 aliphatic heterocycles. The van der Waals surface area contributed by atoms with E-state index in [1.165, 1.54) is 13.2 Å². The Kier molecular flexibility index (Phi) is 6.61. The van der Waals surface area contributed by atoms with Crippen molar-refractivity contribution in [3.8, 4) is 17.2 Å². The summed E-state index contributed by atoms with van der Waals surface area (Å²) < 4.78 is 30.4. The normalized spacial score (nSPS) is 18.1. The highest BCUT2D eigenvalue weighted by molar-refractivity contribution is 5.78. The van der Waals surface area contributed by atoms with Crippen molar-refractivity contribution >= 4 is 5.91 Å². The van der Waals surface area contributed by atoms with Gasteiger partial charge in [0.1, 0.15) is 13.2 Å². The largest absolute Gasteiger partial charge is 0.494 e. The number of likely N-dealkylation sites (tertiary alicyclic amines) is 1. The molecule has 2 aliphatic rings. The molecule has 0 aromatic heterocycles. The number of likely N-dealkylation sites (N-methyl/N-ethyl adjacent to an activating group) is 1. The molecule has 31 heavy (non-hydrogen) atoms. The Morgan fingerprint density at radius 1 is 1.19 bits per heavy atom. The van der Waals surface area contributed by atoms with Crippen LogP contribution in [0.4, 0.5) is 4.39 Å². The first kappa shape index (κ1) is 21.4. The highest BCUT2D eigenvalue weighted by atomic mass is 19.1. The number of hydrogen-bond donors (Lipinski definition) is 0.